The number of nitriles is 1. The van der Waals surface area contributed by atoms with Crippen LogP contribution in [0.25, 0.3) is 21.3 Å². The second-order valence-electron chi connectivity index (χ2n) is 4.97. The minimum absolute atomic E-state index is 0.112. The van der Waals surface area contributed by atoms with E-state index in [1.807, 2.05) is 30.3 Å². The van der Waals surface area contributed by atoms with Gasteiger partial charge in [-0.05, 0) is 12.5 Å². The lowest BCUT2D eigenvalue weighted by Gasteiger charge is -2.09. The average Bonchev–Trinajstić information content (AvgIpc) is 2.91. The van der Waals surface area contributed by atoms with Gasteiger partial charge >= 0.3 is 5.97 Å². The average molecular weight is 338 g/mol. The van der Waals surface area contributed by atoms with Crippen molar-refractivity contribution in [3.05, 3.63) is 40.8 Å². The molecule has 120 valence electrons. The van der Waals surface area contributed by atoms with Gasteiger partial charge in [0.15, 0.2) is 0 Å². The van der Waals surface area contributed by atoms with Crippen molar-refractivity contribution in [1.82, 2.24) is 4.98 Å². The van der Waals surface area contributed by atoms with E-state index in [2.05, 4.69) is 11.1 Å². The number of benzene rings is 1. The lowest BCUT2D eigenvalue weighted by molar-refractivity contribution is 0.0533. The SMILES string of the molecule is CCOC(=O)c1sc2nc(N)c(C#N)c(-c3ccccc3)c2c1N. The maximum absolute atomic E-state index is 12.1. The van der Waals surface area contributed by atoms with Crippen LogP contribution in [-0.2, 0) is 4.74 Å². The Morgan fingerprint density at radius 1 is 1.33 bits per heavy atom. The topological polar surface area (TPSA) is 115 Å². The van der Waals surface area contributed by atoms with Gasteiger partial charge in [-0.1, -0.05) is 30.3 Å². The molecule has 0 saturated heterocycles. The maximum Gasteiger partial charge on any atom is 0.350 e. The molecule has 0 bridgehead atoms. The van der Waals surface area contributed by atoms with E-state index >= 15 is 0 Å². The van der Waals surface area contributed by atoms with Crippen LogP contribution >= 0.6 is 11.3 Å². The van der Waals surface area contributed by atoms with Gasteiger partial charge in [0.05, 0.1) is 12.3 Å². The summed E-state index contributed by atoms with van der Waals surface area (Å²) in [7, 11) is 0. The van der Waals surface area contributed by atoms with E-state index in [4.69, 9.17) is 16.2 Å². The Morgan fingerprint density at radius 3 is 2.67 bits per heavy atom. The number of thiophene rings is 1. The molecule has 2 aromatic heterocycles. The van der Waals surface area contributed by atoms with Gasteiger partial charge < -0.3 is 16.2 Å². The molecule has 1 aromatic carbocycles. The summed E-state index contributed by atoms with van der Waals surface area (Å²) in [5.41, 5.74) is 14.0. The number of ether oxygens (including phenoxy) is 1. The maximum atomic E-state index is 12.1. The van der Waals surface area contributed by atoms with Crippen molar-refractivity contribution >= 4 is 39.0 Å². The molecular weight excluding hydrogens is 324 g/mol. The summed E-state index contributed by atoms with van der Waals surface area (Å²) in [5, 5.41) is 10.1. The lowest BCUT2D eigenvalue weighted by Crippen LogP contribution is -2.05. The Hall–Kier alpha value is -3.11. The molecule has 0 aliphatic rings. The number of esters is 1. The summed E-state index contributed by atoms with van der Waals surface area (Å²) in [6.07, 6.45) is 0. The Kier molecular flexibility index (Phi) is 4.06. The summed E-state index contributed by atoms with van der Waals surface area (Å²) < 4.78 is 5.04. The zero-order chi connectivity index (χ0) is 17.3. The Labute approximate surface area is 142 Å². The standard InChI is InChI=1S/C17H14N4O2S/c1-2-23-17(22)14-13(19)12-11(9-6-4-3-5-7-9)10(8-18)15(20)21-16(12)24-14/h3-7H,2,19H2,1H3,(H2,20,21). The van der Waals surface area contributed by atoms with Crippen LogP contribution < -0.4 is 11.5 Å². The summed E-state index contributed by atoms with van der Waals surface area (Å²) in [5.74, 6) is -0.394. The van der Waals surface area contributed by atoms with Crippen LogP contribution in [0.15, 0.2) is 30.3 Å². The van der Waals surface area contributed by atoms with Crippen molar-refractivity contribution in [1.29, 1.82) is 5.26 Å². The van der Waals surface area contributed by atoms with Crippen molar-refractivity contribution in [2.45, 2.75) is 6.92 Å². The number of nitrogen functional groups attached to an aromatic ring is 2. The van der Waals surface area contributed by atoms with Crippen molar-refractivity contribution in [2.75, 3.05) is 18.1 Å². The van der Waals surface area contributed by atoms with Crippen LogP contribution in [0, 0.1) is 11.3 Å². The zero-order valence-electron chi connectivity index (χ0n) is 12.9. The Balaban J connectivity index is 2.40. The fourth-order valence-electron chi connectivity index (χ4n) is 2.53. The second kappa shape index (κ2) is 6.18. The Morgan fingerprint density at radius 2 is 2.04 bits per heavy atom. The fourth-order valence-corrected chi connectivity index (χ4v) is 3.53. The first-order valence-corrected chi connectivity index (χ1v) is 8.04. The molecule has 24 heavy (non-hydrogen) atoms. The molecule has 0 atom stereocenters. The normalized spacial score (nSPS) is 10.5. The number of nitrogens with two attached hydrogens (primary N) is 2. The number of aromatic nitrogens is 1. The van der Waals surface area contributed by atoms with Gasteiger partial charge in [-0.15, -0.1) is 11.3 Å². The molecule has 4 N–H and O–H groups in total. The van der Waals surface area contributed by atoms with Crippen LogP contribution in [0.5, 0.6) is 0 Å². The minimum atomic E-state index is -0.505. The number of rotatable bonds is 3. The molecule has 0 spiro atoms. The summed E-state index contributed by atoms with van der Waals surface area (Å²) in [6, 6.07) is 11.4. The highest BCUT2D eigenvalue weighted by molar-refractivity contribution is 7.21. The fraction of sp³-hybridized carbons (Fsp3) is 0.118. The molecule has 6 nitrogen and oxygen atoms in total. The number of hydrogen-bond donors (Lipinski definition) is 2. The first-order chi connectivity index (χ1) is 11.6. The molecule has 3 rings (SSSR count). The predicted octanol–water partition coefficient (Wildman–Crippen LogP) is 3.18. The van der Waals surface area contributed by atoms with Gasteiger partial charge in [-0.3, -0.25) is 0 Å². The highest BCUT2D eigenvalue weighted by atomic mass is 32.1. The Bertz CT molecular complexity index is 974. The zero-order valence-corrected chi connectivity index (χ0v) is 13.7. The van der Waals surface area contributed by atoms with Crippen LogP contribution in [0.2, 0.25) is 0 Å². The molecule has 2 heterocycles. The molecule has 7 heteroatoms. The van der Waals surface area contributed by atoms with Gasteiger partial charge in [-0.25, -0.2) is 9.78 Å². The van der Waals surface area contributed by atoms with Crippen LogP contribution in [0.4, 0.5) is 11.5 Å². The third kappa shape index (κ3) is 2.43. The van der Waals surface area contributed by atoms with Crippen LogP contribution in [0.3, 0.4) is 0 Å². The third-order valence-corrected chi connectivity index (χ3v) is 4.62. The molecular formula is C17H14N4O2S. The third-order valence-electron chi connectivity index (χ3n) is 3.54. The molecule has 0 fully saturated rings. The smallest absolute Gasteiger partial charge is 0.350 e. The lowest BCUT2D eigenvalue weighted by atomic mass is 9.97. The first-order valence-electron chi connectivity index (χ1n) is 7.22. The first kappa shape index (κ1) is 15.8. The summed E-state index contributed by atoms with van der Waals surface area (Å²) >= 11 is 1.11. The minimum Gasteiger partial charge on any atom is -0.462 e. The number of pyridine rings is 1. The molecule has 0 amide bonds. The van der Waals surface area contributed by atoms with E-state index in [0.717, 1.165) is 16.9 Å². The molecule has 3 aromatic rings. The largest absolute Gasteiger partial charge is 0.462 e. The molecule has 0 aliphatic carbocycles. The monoisotopic (exact) mass is 338 g/mol. The molecule has 0 saturated carbocycles. The van der Waals surface area contributed by atoms with Crippen molar-refractivity contribution in [3.8, 4) is 17.2 Å². The number of fused-ring (bicyclic) bond motifs is 1. The van der Waals surface area contributed by atoms with Crippen molar-refractivity contribution < 1.29 is 9.53 Å². The predicted molar refractivity (Wildman–Crippen MR) is 94.6 cm³/mol. The second-order valence-corrected chi connectivity index (χ2v) is 5.97. The van der Waals surface area contributed by atoms with Gasteiger partial charge in [0.2, 0.25) is 0 Å². The van der Waals surface area contributed by atoms with E-state index in [0.29, 0.717) is 15.8 Å². The van der Waals surface area contributed by atoms with E-state index in [1.165, 1.54) is 0 Å². The van der Waals surface area contributed by atoms with E-state index in [9.17, 15) is 10.1 Å². The van der Waals surface area contributed by atoms with Crippen LogP contribution in [-0.4, -0.2) is 17.6 Å². The van der Waals surface area contributed by atoms with Gasteiger partial charge in [0.25, 0.3) is 0 Å². The molecule has 0 radical (unpaired) electrons. The molecule has 0 aliphatic heterocycles. The highest BCUT2D eigenvalue weighted by Crippen LogP contribution is 2.42. The van der Waals surface area contributed by atoms with Crippen molar-refractivity contribution in [2.24, 2.45) is 0 Å². The quantitative estimate of drug-likeness (QED) is 0.709. The number of carbonyl (C=O) groups is 1. The van der Waals surface area contributed by atoms with Gasteiger partial charge in [0, 0.05) is 10.9 Å². The molecule has 0 unspecified atom stereocenters. The van der Waals surface area contributed by atoms with E-state index in [1.54, 1.807) is 6.92 Å². The number of anilines is 2. The number of hydrogen-bond acceptors (Lipinski definition) is 7. The number of nitrogens with zero attached hydrogens (tertiary/aromatic N) is 2. The van der Waals surface area contributed by atoms with Gasteiger partial charge in [-0.2, -0.15) is 5.26 Å². The summed E-state index contributed by atoms with van der Waals surface area (Å²) in [6.45, 7) is 1.97. The van der Waals surface area contributed by atoms with E-state index < -0.39 is 5.97 Å². The van der Waals surface area contributed by atoms with Crippen molar-refractivity contribution in [3.63, 3.8) is 0 Å². The van der Waals surface area contributed by atoms with Crippen LogP contribution in [0.1, 0.15) is 22.2 Å². The van der Waals surface area contributed by atoms with Gasteiger partial charge in [0.1, 0.15) is 27.2 Å². The number of carbonyl (C=O) groups excluding carboxylic acids is 1. The van der Waals surface area contributed by atoms with E-state index in [-0.39, 0.29) is 28.6 Å². The highest BCUT2D eigenvalue weighted by Gasteiger charge is 2.24. The summed E-state index contributed by atoms with van der Waals surface area (Å²) in [4.78, 5) is 17.1.